The van der Waals surface area contributed by atoms with E-state index in [1.165, 1.54) is 42.9 Å². The molecule has 1 aliphatic heterocycles. The molecule has 2 fully saturated rings. The molecule has 1 heterocycles. The van der Waals surface area contributed by atoms with Crippen LogP contribution in [0, 0.1) is 11.8 Å². The molecular formula is C12H24N2S2. The van der Waals surface area contributed by atoms with Crippen LogP contribution in [0.25, 0.3) is 0 Å². The van der Waals surface area contributed by atoms with Gasteiger partial charge in [0.05, 0.1) is 0 Å². The highest BCUT2D eigenvalue weighted by atomic mass is 32.2. The minimum atomic E-state index is 0.542. The summed E-state index contributed by atoms with van der Waals surface area (Å²) in [5, 5.41) is 0.735. The van der Waals surface area contributed by atoms with E-state index in [4.69, 9.17) is 5.84 Å². The first-order valence-corrected chi connectivity index (χ1v) is 8.67. The molecular weight excluding hydrogens is 236 g/mol. The van der Waals surface area contributed by atoms with Crippen molar-refractivity contribution in [2.75, 3.05) is 17.3 Å². The summed E-state index contributed by atoms with van der Waals surface area (Å²) in [5.41, 5.74) is 3.13. The Bertz CT molecular complexity index is 207. The Labute approximate surface area is 108 Å². The number of rotatable bonds is 3. The Morgan fingerprint density at radius 1 is 1.31 bits per heavy atom. The Morgan fingerprint density at radius 2 is 2.19 bits per heavy atom. The summed E-state index contributed by atoms with van der Waals surface area (Å²) in [5.74, 6) is 11.4. The van der Waals surface area contributed by atoms with Crippen molar-refractivity contribution >= 4 is 23.5 Å². The van der Waals surface area contributed by atoms with Crippen molar-refractivity contribution in [2.24, 2.45) is 17.7 Å². The molecule has 0 radical (unpaired) electrons. The number of hydrazine groups is 1. The highest BCUT2D eigenvalue weighted by Crippen LogP contribution is 2.36. The molecule has 4 unspecified atom stereocenters. The minimum absolute atomic E-state index is 0.542. The van der Waals surface area contributed by atoms with E-state index in [1.54, 1.807) is 0 Å². The number of nitrogens with two attached hydrogens (primary N) is 1. The fourth-order valence-corrected chi connectivity index (χ4v) is 6.01. The Kier molecular flexibility index (Phi) is 5.33. The zero-order valence-electron chi connectivity index (χ0n) is 10.2. The zero-order valence-corrected chi connectivity index (χ0v) is 11.8. The second-order valence-electron chi connectivity index (χ2n) is 5.21. The first-order valence-electron chi connectivity index (χ1n) is 6.46. The van der Waals surface area contributed by atoms with Gasteiger partial charge in [-0.1, -0.05) is 19.8 Å². The van der Waals surface area contributed by atoms with Gasteiger partial charge in [-0.2, -0.15) is 23.5 Å². The van der Waals surface area contributed by atoms with Gasteiger partial charge in [0.2, 0.25) is 0 Å². The number of thioether (sulfide) groups is 2. The van der Waals surface area contributed by atoms with E-state index in [0.29, 0.717) is 6.04 Å². The Balaban J connectivity index is 1.91. The third-order valence-electron chi connectivity index (χ3n) is 3.92. The lowest BCUT2D eigenvalue weighted by Crippen LogP contribution is -2.50. The first-order chi connectivity index (χ1) is 7.81. The molecule has 3 N–H and O–H groups in total. The average molecular weight is 260 g/mol. The van der Waals surface area contributed by atoms with Crippen LogP contribution in [0.15, 0.2) is 0 Å². The summed E-state index contributed by atoms with van der Waals surface area (Å²) >= 11 is 4.22. The third-order valence-corrected chi connectivity index (χ3v) is 6.80. The van der Waals surface area contributed by atoms with E-state index < -0.39 is 0 Å². The van der Waals surface area contributed by atoms with Gasteiger partial charge in [0.25, 0.3) is 0 Å². The van der Waals surface area contributed by atoms with Crippen LogP contribution >= 0.6 is 23.5 Å². The van der Waals surface area contributed by atoms with Gasteiger partial charge in [0.15, 0.2) is 0 Å². The van der Waals surface area contributed by atoms with Crippen LogP contribution in [0.1, 0.15) is 32.6 Å². The van der Waals surface area contributed by atoms with Crippen molar-refractivity contribution in [1.82, 2.24) is 5.43 Å². The second kappa shape index (κ2) is 6.53. The standard InChI is InChI=1S/C12H24N2S2/c1-9-3-2-4-10(7-9)12(14-13)11-8-15-5-6-16-11/h9-12,14H,2-8,13H2,1H3. The second-order valence-corrected chi connectivity index (χ2v) is 7.71. The van der Waals surface area contributed by atoms with Crippen LogP contribution < -0.4 is 11.3 Å². The summed E-state index contributed by atoms with van der Waals surface area (Å²) in [6.07, 6.45) is 5.56. The van der Waals surface area contributed by atoms with Gasteiger partial charge in [-0.25, -0.2) is 0 Å². The number of hydrogen-bond donors (Lipinski definition) is 2. The van der Waals surface area contributed by atoms with Gasteiger partial charge < -0.3 is 0 Å². The van der Waals surface area contributed by atoms with E-state index >= 15 is 0 Å². The molecule has 0 aromatic rings. The smallest absolute Gasteiger partial charge is 0.0365 e. The molecule has 1 saturated carbocycles. The predicted octanol–water partition coefficient (Wildman–Crippen LogP) is 2.49. The van der Waals surface area contributed by atoms with Crippen molar-refractivity contribution in [3.63, 3.8) is 0 Å². The SMILES string of the molecule is CC1CCCC(C(NN)C2CSCCS2)C1. The summed E-state index contributed by atoms with van der Waals surface area (Å²) in [7, 11) is 0. The quantitative estimate of drug-likeness (QED) is 0.604. The lowest BCUT2D eigenvalue weighted by atomic mass is 9.78. The van der Waals surface area contributed by atoms with E-state index in [2.05, 4.69) is 35.9 Å². The minimum Gasteiger partial charge on any atom is -0.271 e. The maximum atomic E-state index is 5.81. The fraction of sp³-hybridized carbons (Fsp3) is 1.00. The molecule has 0 bridgehead atoms. The predicted molar refractivity (Wildman–Crippen MR) is 75.8 cm³/mol. The van der Waals surface area contributed by atoms with E-state index in [0.717, 1.165) is 17.1 Å². The zero-order chi connectivity index (χ0) is 11.4. The molecule has 0 aromatic heterocycles. The molecule has 2 aliphatic rings. The van der Waals surface area contributed by atoms with Gasteiger partial charge in [-0.05, 0) is 24.7 Å². The largest absolute Gasteiger partial charge is 0.271 e. The van der Waals surface area contributed by atoms with Crippen LogP contribution in [0.3, 0.4) is 0 Å². The molecule has 4 atom stereocenters. The lowest BCUT2D eigenvalue weighted by Gasteiger charge is -2.38. The van der Waals surface area contributed by atoms with Crippen molar-refractivity contribution in [3.8, 4) is 0 Å². The monoisotopic (exact) mass is 260 g/mol. The van der Waals surface area contributed by atoms with Gasteiger partial charge in [-0.3, -0.25) is 11.3 Å². The maximum absolute atomic E-state index is 5.81. The molecule has 0 aromatic carbocycles. The van der Waals surface area contributed by atoms with Crippen molar-refractivity contribution < 1.29 is 0 Å². The summed E-state index contributed by atoms with van der Waals surface area (Å²) in [4.78, 5) is 0. The van der Waals surface area contributed by atoms with E-state index in [1.807, 2.05) is 0 Å². The molecule has 0 spiro atoms. The molecule has 1 aliphatic carbocycles. The fourth-order valence-electron chi connectivity index (χ4n) is 3.07. The van der Waals surface area contributed by atoms with Crippen LogP contribution in [-0.4, -0.2) is 28.6 Å². The van der Waals surface area contributed by atoms with Gasteiger partial charge in [0, 0.05) is 28.6 Å². The molecule has 16 heavy (non-hydrogen) atoms. The normalized spacial score (nSPS) is 38.2. The topological polar surface area (TPSA) is 38.0 Å². The molecule has 4 heteroatoms. The molecule has 0 amide bonds. The summed E-state index contributed by atoms with van der Waals surface area (Å²) in [6, 6.07) is 0.542. The van der Waals surface area contributed by atoms with Crippen LogP contribution in [0.5, 0.6) is 0 Å². The molecule has 94 valence electrons. The maximum Gasteiger partial charge on any atom is 0.0365 e. The van der Waals surface area contributed by atoms with Gasteiger partial charge in [-0.15, -0.1) is 0 Å². The first kappa shape index (κ1) is 13.1. The van der Waals surface area contributed by atoms with Gasteiger partial charge in [0.1, 0.15) is 0 Å². The number of nitrogens with one attached hydrogen (secondary N) is 1. The average Bonchev–Trinajstić information content (AvgIpc) is 2.31. The van der Waals surface area contributed by atoms with Crippen LogP contribution in [0.4, 0.5) is 0 Å². The highest BCUT2D eigenvalue weighted by Gasteiger charge is 2.32. The molecule has 2 rings (SSSR count). The summed E-state index contributed by atoms with van der Waals surface area (Å²) < 4.78 is 0. The Morgan fingerprint density at radius 3 is 2.81 bits per heavy atom. The van der Waals surface area contributed by atoms with E-state index in [-0.39, 0.29) is 0 Å². The van der Waals surface area contributed by atoms with Crippen molar-refractivity contribution in [2.45, 2.75) is 43.9 Å². The van der Waals surface area contributed by atoms with Crippen molar-refractivity contribution in [1.29, 1.82) is 0 Å². The third kappa shape index (κ3) is 3.31. The lowest BCUT2D eigenvalue weighted by molar-refractivity contribution is 0.223. The van der Waals surface area contributed by atoms with Crippen molar-refractivity contribution in [3.05, 3.63) is 0 Å². The number of hydrogen-bond acceptors (Lipinski definition) is 4. The van der Waals surface area contributed by atoms with E-state index in [9.17, 15) is 0 Å². The molecule has 1 saturated heterocycles. The van der Waals surface area contributed by atoms with Crippen LogP contribution in [-0.2, 0) is 0 Å². The molecule has 2 nitrogen and oxygen atoms in total. The van der Waals surface area contributed by atoms with Crippen LogP contribution in [0.2, 0.25) is 0 Å². The van der Waals surface area contributed by atoms with Gasteiger partial charge >= 0.3 is 0 Å². The highest BCUT2D eigenvalue weighted by molar-refractivity contribution is 8.06. The summed E-state index contributed by atoms with van der Waals surface area (Å²) in [6.45, 7) is 2.39. The Hall–Kier alpha value is 0.620.